The summed E-state index contributed by atoms with van der Waals surface area (Å²) in [5.41, 5.74) is 0.241. The monoisotopic (exact) mass is 394 g/mol. The normalized spacial score (nSPS) is 11.1. The summed E-state index contributed by atoms with van der Waals surface area (Å²) >= 11 is 3.37. The van der Waals surface area contributed by atoms with Crippen molar-refractivity contribution in [2.45, 2.75) is 32.2 Å². The minimum absolute atomic E-state index is 0.00846. The van der Waals surface area contributed by atoms with E-state index in [1.54, 1.807) is 30.8 Å². The largest absolute Gasteiger partial charge is 0.481 e. The van der Waals surface area contributed by atoms with E-state index in [1.165, 1.54) is 0 Å². The number of urea groups is 1. The molecule has 0 fully saturated rings. The number of benzene rings is 1. The molecule has 3 N–H and O–H groups in total. The van der Waals surface area contributed by atoms with Gasteiger partial charge in [-0.1, -0.05) is 15.9 Å². The SMILES string of the molecule is CC(C)(CCC(=O)O)NC(=O)Nc1ccn(-c2ccc(Br)cc2)n1. The van der Waals surface area contributed by atoms with Gasteiger partial charge in [0.1, 0.15) is 0 Å². The summed E-state index contributed by atoms with van der Waals surface area (Å²) in [4.78, 5) is 22.7. The summed E-state index contributed by atoms with van der Waals surface area (Å²) in [5, 5.41) is 18.4. The molecule has 128 valence electrons. The van der Waals surface area contributed by atoms with Crippen LogP contribution in [0.4, 0.5) is 10.6 Å². The maximum absolute atomic E-state index is 12.0. The Bertz CT molecular complexity index is 725. The Balaban J connectivity index is 1.95. The van der Waals surface area contributed by atoms with Crippen LogP contribution in [-0.4, -0.2) is 32.4 Å². The van der Waals surface area contributed by atoms with Gasteiger partial charge in [-0.15, -0.1) is 5.10 Å². The maximum atomic E-state index is 12.0. The van der Waals surface area contributed by atoms with Crippen molar-refractivity contribution < 1.29 is 14.7 Å². The van der Waals surface area contributed by atoms with Gasteiger partial charge in [0.15, 0.2) is 5.82 Å². The first-order chi connectivity index (χ1) is 11.2. The average molecular weight is 395 g/mol. The van der Waals surface area contributed by atoms with Crippen LogP contribution >= 0.6 is 15.9 Å². The Kier molecular flexibility index (Phi) is 5.61. The molecule has 0 spiro atoms. The van der Waals surface area contributed by atoms with Crippen molar-refractivity contribution >= 4 is 33.7 Å². The standard InChI is InChI=1S/C16H19BrN4O3/c1-16(2,9-7-14(22)23)19-15(24)18-13-8-10-21(20-13)12-5-3-11(17)4-6-12/h3-6,8,10H,7,9H2,1-2H3,(H,22,23)(H2,18,19,20,24). The zero-order valence-corrected chi connectivity index (χ0v) is 15.0. The molecule has 0 aliphatic heterocycles. The van der Waals surface area contributed by atoms with Crippen LogP contribution in [0.5, 0.6) is 0 Å². The second-order valence-corrected chi connectivity index (χ2v) is 6.89. The Morgan fingerprint density at radius 3 is 2.54 bits per heavy atom. The van der Waals surface area contributed by atoms with E-state index >= 15 is 0 Å². The summed E-state index contributed by atoms with van der Waals surface area (Å²) in [6.07, 6.45) is 2.07. The number of halogens is 1. The Morgan fingerprint density at radius 1 is 1.25 bits per heavy atom. The van der Waals surface area contributed by atoms with Crippen molar-refractivity contribution in [1.29, 1.82) is 0 Å². The van der Waals surface area contributed by atoms with Crippen LogP contribution in [0.15, 0.2) is 41.0 Å². The lowest BCUT2D eigenvalue weighted by molar-refractivity contribution is -0.137. The van der Waals surface area contributed by atoms with Gasteiger partial charge in [0, 0.05) is 28.7 Å². The van der Waals surface area contributed by atoms with Crippen LogP contribution < -0.4 is 10.6 Å². The van der Waals surface area contributed by atoms with E-state index in [4.69, 9.17) is 5.11 Å². The van der Waals surface area contributed by atoms with Crippen molar-refractivity contribution in [2.75, 3.05) is 5.32 Å². The molecule has 0 saturated carbocycles. The second-order valence-electron chi connectivity index (χ2n) is 5.98. The van der Waals surface area contributed by atoms with Crippen LogP contribution in [0.3, 0.4) is 0 Å². The van der Waals surface area contributed by atoms with Gasteiger partial charge in [-0.2, -0.15) is 0 Å². The fraction of sp³-hybridized carbons (Fsp3) is 0.312. The molecule has 7 nitrogen and oxygen atoms in total. The van der Waals surface area contributed by atoms with Crippen LogP contribution in [0.1, 0.15) is 26.7 Å². The molecule has 2 rings (SSSR count). The Morgan fingerprint density at radius 2 is 1.92 bits per heavy atom. The number of hydrogen-bond donors (Lipinski definition) is 3. The number of carboxylic acid groups (broad SMARTS) is 1. The highest BCUT2D eigenvalue weighted by atomic mass is 79.9. The number of carbonyl (C=O) groups is 2. The summed E-state index contributed by atoms with van der Waals surface area (Å²) in [6.45, 7) is 3.55. The van der Waals surface area contributed by atoms with Crippen LogP contribution in [0.25, 0.3) is 5.69 Å². The van der Waals surface area contributed by atoms with Crippen molar-refractivity contribution in [1.82, 2.24) is 15.1 Å². The van der Waals surface area contributed by atoms with E-state index in [9.17, 15) is 9.59 Å². The molecule has 0 aliphatic rings. The topological polar surface area (TPSA) is 96.3 Å². The van der Waals surface area contributed by atoms with Gasteiger partial charge in [0.2, 0.25) is 0 Å². The predicted molar refractivity (Wildman–Crippen MR) is 94.4 cm³/mol. The van der Waals surface area contributed by atoms with Crippen molar-refractivity contribution in [3.63, 3.8) is 0 Å². The number of carboxylic acids is 1. The molecule has 2 aromatic rings. The first-order valence-electron chi connectivity index (χ1n) is 7.38. The number of carbonyl (C=O) groups excluding carboxylic acids is 1. The first-order valence-corrected chi connectivity index (χ1v) is 8.17. The quantitative estimate of drug-likeness (QED) is 0.699. The summed E-state index contributed by atoms with van der Waals surface area (Å²) in [6, 6.07) is 8.87. The van der Waals surface area contributed by atoms with Gasteiger partial charge in [-0.25, -0.2) is 9.48 Å². The molecule has 0 radical (unpaired) electrons. The van der Waals surface area contributed by atoms with E-state index in [-0.39, 0.29) is 6.42 Å². The predicted octanol–water partition coefficient (Wildman–Crippen LogP) is 3.40. The number of aromatic nitrogens is 2. The third kappa shape index (κ3) is 5.38. The third-order valence-electron chi connectivity index (χ3n) is 3.34. The summed E-state index contributed by atoms with van der Waals surface area (Å²) in [5.74, 6) is -0.483. The molecule has 8 heteroatoms. The molecule has 1 heterocycles. The lowest BCUT2D eigenvalue weighted by atomic mass is 9.99. The molecule has 1 aromatic heterocycles. The summed E-state index contributed by atoms with van der Waals surface area (Å²) in [7, 11) is 0. The fourth-order valence-electron chi connectivity index (χ4n) is 2.07. The van der Waals surface area contributed by atoms with E-state index in [2.05, 4.69) is 31.7 Å². The molecule has 0 saturated heterocycles. The van der Waals surface area contributed by atoms with Crippen LogP contribution in [0, 0.1) is 0 Å². The number of aliphatic carboxylic acids is 1. The number of nitrogens with zero attached hydrogens (tertiary/aromatic N) is 2. The van der Waals surface area contributed by atoms with Gasteiger partial charge < -0.3 is 10.4 Å². The molecular formula is C16H19BrN4O3. The number of nitrogens with one attached hydrogen (secondary N) is 2. The second kappa shape index (κ2) is 7.48. The number of rotatable bonds is 6. The smallest absolute Gasteiger partial charge is 0.320 e. The molecule has 1 aromatic carbocycles. The van der Waals surface area contributed by atoms with Crippen molar-refractivity contribution in [2.24, 2.45) is 0 Å². The van der Waals surface area contributed by atoms with Crippen molar-refractivity contribution in [3.8, 4) is 5.69 Å². The minimum atomic E-state index is -0.890. The number of anilines is 1. The first kappa shape index (κ1) is 18.0. The molecule has 2 amide bonds. The minimum Gasteiger partial charge on any atom is -0.481 e. The van der Waals surface area contributed by atoms with Crippen LogP contribution in [-0.2, 0) is 4.79 Å². The highest BCUT2D eigenvalue weighted by Crippen LogP contribution is 2.15. The number of hydrogen-bond acceptors (Lipinski definition) is 3. The zero-order chi connectivity index (χ0) is 17.7. The van der Waals surface area contributed by atoms with E-state index in [1.807, 2.05) is 24.3 Å². The Labute approximate surface area is 148 Å². The molecular weight excluding hydrogens is 376 g/mol. The van der Waals surface area contributed by atoms with Gasteiger partial charge >= 0.3 is 12.0 Å². The lowest BCUT2D eigenvalue weighted by Crippen LogP contribution is -2.45. The van der Waals surface area contributed by atoms with Gasteiger partial charge in [0.25, 0.3) is 0 Å². The molecule has 0 atom stereocenters. The average Bonchev–Trinajstić information content (AvgIpc) is 2.94. The zero-order valence-electron chi connectivity index (χ0n) is 13.4. The van der Waals surface area contributed by atoms with Gasteiger partial charge in [-0.3, -0.25) is 10.1 Å². The fourth-order valence-corrected chi connectivity index (χ4v) is 2.33. The van der Waals surface area contributed by atoms with E-state index in [0.29, 0.717) is 12.2 Å². The maximum Gasteiger partial charge on any atom is 0.320 e. The highest BCUT2D eigenvalue weighted by molar-refractivity contribution is 9.10. The summed E-state index contributed by atoms with van der Waals surface area (Å²) < 4.78 is 2.62. The molecule has 0 unspecified atom stereocenters. The van der Waals surface area contributed by atoms with E-state index in [0.717, 1.165) is 10.2 Å². The molecule has 24 heavy (non-hydrogen) atoms. The van der Waals surface area contributed by atoms with Gasteiger partial charge in [0.05, 0.1) is 5.69 Å². The lowest BCUT2D eigenvalue weighted by Gasteiger charge is -2.25. The van der Waals surface area contributed by atoms with Crippen molar-refractivity contribution in [3.05, 3.63) is 41.0 Å². The van der Waals surface area contributed by atoms with Gasteiger partial charge in [-0.05, 0) is 44.5 Å². The molecule has 0 aliphatic carbocycles. The van der Waals surface area contributed by atoms with Crippen LogP contribution in [0.2, 0.25) is 0 Å². The highest BCUT2D eigenvalue weighted by Gasteiger charge is 2.21. The third-order valence-corrected chi connectivity index (χ3v) is 3.87. The molecule has 0 bridgehead atoms. The number of amides is 2. The van der Waals surface area contributed by atoms with E-state index < -0.39 is 17.5 Å². The Hall–Kier alpha value is -2.35.